The average molecular weight is 250 g/mol. The van der Waals surface area contributed by atoms with Crippen LogP contribution in [-0.2, 0) is 11.2 Å². The summed E-state index contributed by atoms with van der Waals surface area (Å²) in [5.41, 5.74) is 1.14. The van der Waals surface area contributed by atoms with Crippen LogP contribution < -0.4 is 4.74 Å². The molecule has 3 nitrogen and oxygen atoms in total. The van der Waals surface area contributed by atoms with Crippen LogP contribution >= 0.6 is 0 Å². The van der Waals surface area contributed by atoms with E-state index in [-0.39, 0.29) is 18.1 Å². The van der Waals surface area contributed by atoms with Gasteiger partial charge in [0.25, 0.3) is 0 Å². The van der Waals surface area contributed by atoms with Gasteiger partial charge in [0.1, 0.15) is 5.75 Å². The molecule has 1 aromatic rings. The molecule has 3 heteroatoms. The maximum atomic E-state index is 10.3. The number of hydrogen-bond acceptors (Lipinski definition) is 3. The van der Waals surface area contributed by atoms with E-state index in [0.717, 1.165) is 30.8 Å². The molecule has 1 aliphatic heterocycles. The van der Waals surface area contributed by atoms with Crippen LogP contribution in [-0.4, -0.2) is 31.0 Å². The minimum Gasteiger partial charge on any atom is -0.497 e. The van der Waals surface area contributed by atoms with Crippen molar-refractivity contribution in [3.63, 3.8) is 0 Å². The Bertz CT molecular complexity index is 361. The van der Waals surface area contributed by atoms with Gasteiger partial charge in [-0.3, -0.25) is 0 Å². The number of aliphatic hydroxyl groups is 1. The monoisotopic (exact) mass is 250 g/mol. The van der Waals surface area contributed by atoms with Crippen LogP contribution in [0.4, 0.5) is 0 Å². The summed E-state index contributed by atoms with van der Waals surface area (Å²) in [5.74, 6) is 1.13. The molecule has 1 fully saturated rings. The third-order valence-corrected chi connectivity index (χ3v) is 3.76. The van der Waals surface area contributed by atoms with Gasteiger partial charge in [0, 0.05) is 12.5 Å². The Hall–Kier alpha value is -1.06. The summed E-state index contributed by atoms with van der Waals surface area (Å²) in [6, 6.07) is 7.90. The fraction of sp³-hybridized carbons (Fsp3) is 0.600. The van der Waals surface area contributed by atoms with Crippen LogP contribution in [0, 0.1) is 5.92 Å². The Kier molecular flexibility index (Phi) is 4.61. The zero-order valence-electron chi connectivity index (χ0n) is 11.1. The minimum absolute atomic E-state index is 0.221. The summed E-state index contributed by atoms with van der Waals surface area (Å²) in [7, 11) is 1.66. The van der Waals surface area contributed by atoms with E-state index < -0.39 is 0 Å². The van der Waals surface area contributed by atoms with E-state index in [0.29, 0.717) is 6.42 Å². The molecule has 1 aliphatic rings. The summed E-state index contributed by atoms with van der Waals surface area (Å²) >= 11 is 0. The van der Waals surface area contributed by atoms with E-state index in [4.69, 9.17) is 9.47 Å². The third-order valence-electron chi connectivity index (χ3n) is 3.76. The normalized spacial score (nSPS) is 25.1. The quantitative estimate of drug-likeness (QED) is 0.872. The lowest BCUT2D eigenvalue weighted by Gasteiger charge is -2.22. The number of rotatable bonds is 5. The average Bonchev–Trinajstić information content (AvgIpc) is 2.88. The zero-order valence-corrected chi connectivity index (χ0v) is 11.1. The second kappa shape index (κ2) is 6.21. The molecule has 100 valence electrons. The van der Waals surface area contributed by atoms with Crippen molar-refractivity contribution < 1.29 is 14.6 Å². The molecule has 0 spiro atoms. The highest BCUT2D eigenvalue weighted by Gasteiger charge is 2.32. The summed E-state index contributed by atoms with van der Waals surface area (Å²) < 4.78 is 10.8. The SMILES string of the molecule is CCC1OCCC1C(O)Cc1ccc(OC)cc1. The van der Waals surface area contributed by atoms with Crippen molar-refractivity contribution in [2.45, 2.75) is 38.4 Å². The van der Waals surface area contributed by atoms with Crippen molar-refractivity contribution in [1.29, 1.82) is 0 Å². The maximum Gasteiger partial charge on any atom is 0.118 e. The van der Waals surface area contributed by atoms with Gasteiger partial charge in [-0.05, 0) is 37.0 Å². The summed E-state index contributed by atoms with van der Waals surface area (Å²) in [6.45, 7) is 2.89. The van der Waals surface area contributed by atoms with Crippen LogP contribution in [0.1, 0.15) is 25.3 Å². The molecule has 3 unspecified atom stereocenters. The minimum atomic E-state index is -0.314. The predicted octanol–water partition coefficient (Wildman–Crippen LogP) is 2.41. The molecule has 3 atom stereocenters. The van der Waals surface area contributed by atoms with Gasteiger partial charge in [0.2, 0.25) is 0 Å². The molecule has 1 aromatic carbocycles. The molecule has 1 saturated heterocycles. The highest BCUT2D eigenvalue weighted by Crippen LogP contribution is 2.28. The molecule has 0 amide bonds. The van der Waals surface area contributed by atoms with Crippen LogP contribution in [0.25, 0.3) is 0 Å². The number of methoxy groups -OCH3 is 1. The van der Waals surface area contributed by atoms with Crippen molar-refractivity contribution in [2.24, 2.45) is 5.92 Å². The summed E-state index contributed by atoms with van der Waals surface area (Å²) in [5, 5.41) is 10.3. The van der Waals surface area contributed by atoms with E-state index in [1.54, 1.807) is 7.11 Å². The van der Waals surface area contributed by atoms with Crippen LogP contribution in [0.15, 0.2) is 24.3 Å². The van der Waals surface area contributed by atoms with Gasteiger partial charge >= 0.3 is 0 Å². The molecule has 0 saturated carbocycles. The predicted molar refractivity (Wildman–Crippen MR) is 70.8 cm³/mol. The molecular formula is C15H22O3. The van der Waals surface area contributed by atoms with Gasteiger partial charge in [0.05, 0.1) is 19.3 Å². The second-order valence-corrected chi connectivity index (χ2v) is 4.89. The number of aliphatic hydroxyl groups excluding tert-OH is 1. The topological polar surface area (TPSA) is 38.7 Å². The van der Waals surface area contributed by atoms with Crippen molar-refractivity contribution >= 4 is 0 Å². The number of benzene rings is 1. The smallest absolute Gasteiger partial charge is 0.118 e. The highest BCUT2D eigenvalue weighted by atomic mass is 16.5. The standard InChI is InChI=1S/C15H22O3/c1-3-15-13(8-9-18-15)14(16)10-11-4-6-12(17-2)7-5-11/h4-7,13-16H,3,8-10H2,1-2H3. The molecule has 0 aromatic heterocycles. The largest absolute Gasteiger partial charge is 0.497 e. The van der Waals surface area contributed by atoms with Gasteiger partial charge in [-0.2, -0.15) is 0 Å². The van der Waals surface area contributed by atoms with Gasteiger partial charge < -0.3 is 14.6 Å². The summed E-state index contributed by atoms with van der Waals surface area (Å²) in [4.78, 5) is 0. The first-order valence-electron chi connectivity index (χ1n) is 6.67. The summed E-state index contributed by atoms with van der Waals surface area (Å²) in [6.07, 6.45) is 2.54. The Morgan fingerprint density at radius 2 is 2.11 bits per heavy atom. The number of ether oxygens (including phenoxy) is 2. The van der Waals surface area contributed by atoms with Gasteiger partial charge in [-0.15, -0.1) is 0 Å². The Labute approximate surface area is 109 Å². The fourth-order valence-corrected chi connectivity index (χ4v) is 2.68. The van der Waals surface area contributed by atoms with E-state index in [2.05, 4.69) is 6.92 Å². The van der Waals surface area contributed by atoms with Crippen LogP contribution in [0.3, 0.4) is 0 Å². The molecule has 0 radical (unpaired) electrons. The number of hydrogen-bond donors (Lipinski definition) is 1. The molecule has 2 rings (SSSR count). The molecular weight excluding hydrogens is 228 g/mol. The Balaban J connectivity index is 1.95. The molecule has 1 heterocycles. The van der Waals surface area contributed by atoms with E-state index in [1.165, 1.54) is 0 Å². The zero-order chi connectivity index (χ0) is 13.0. The van der Waals surface area contributed by atoms with Gasteiger partial charge in [-0.1, -0.05) is 19.1 Å². The van der Waals surface area contributed by atoms with Gasteiger partial charge in [0.15, 0.2) is 0 Å². The lowest BCUT2D eigenvalue weighted by molar-refractivity contribution is 0.0318. The van der Waals surface area contributed by atoms with Crippen molar-refractivity contribution in [2.75, 3.05) is 13.7 Å². The first kappa shape index (κ1) is 13.4. The Morgan fingerprint density at radius 1 is 1.39 bits per heavy atom. The highest BCUT2D eigenvalue weighted by molar-refractivity contribution is 5.27. The molecule has 1 N–H and O–H groups in total. The second-order valence-electron chi connectivity index (χ2n) is 4.89. The van der Waals surface area contributed by atoms with E-state index >= 15 is 0 Å². The van der Waals surface area contributed by atoms with Crippen molar-refractivity contribution in [1.82, 2.24) is 0 Å². The maximum absolute atomic E-state index is 10.3. The van der Waals surface area contributed by atoms with Crippen molar-refractivity contribution in [3.05, 3.63) is 29.8 Å². The van der Waals surface area contributed by atoms with Gasteiger partial charge in [-0.25, -0.2) is 0 Å². The molecule has 18 heavy (non-hydrogen) atoms. The lowest BCUT2D eigenvalue weighted by Crippen LogP contribution is -2.29. The molecule has 0 aliphatic carbocycles. The van der Waals surface area contributed by atoms with Crippen LogP contribution in [0.5, 0.6) is 5.75 Å². The van der Waals surface area contributed by atoms with Crippen LogP contribution in [0.2, 0.25) is 0 Å². The molecule has 0 bridgehead atoms. The first-order chi connectivity index (χ1) is 8.74. The van der Waals surface area contributed by atoms with E-state index in [9.17, 15) is 5.11 Å². The Morgan fingerprint density at radius 3 is 2.72 bits per heavy atom. The lowest BCUT2D eigenvalue weighted by atomic mass is 9.89. The van der Waals surface area contributed by atoms with E-state index in [1.807, 2.05) is 24.3 Å². The third kappa shape index (κ3) is 3.03. The first-order valence-corrected chi connectivity index (χ1v) is 6.67. The fourth-order valence-electron chi connectivity index (χ4n) is 2.68. The van der Waals surface area contributed by atoms with Crippen molar-refractivity contribution in [3.8, 4) is 5.75 Å².